The molecule has 0 spiro atoms. The first kappa shape index (κ1) is 28.2. The van der Waals surface area contributed by atoms with E-state index in [2.05, 4.69) is 61.8 Å². The Morgan fingerprint density at radius 1 is 1.09 bits per heavy atom. The van der Waals surface area contributed by atoms with Crippen LogP contribution in [0, 0.1) is 52.7 Å². The SMILES string of the molecule is CC1C2CC3(NCCC#Cc4ccc5c(Nc6cc(CC(=O)Nc7cccc(F)c7)[nH]n6)ncnc5c4)CC1C1C2CC1(C)C3. The number of carbonyl (C=O) groups is 1. The summed E-state index contributed by atoms with van der Waals surface area (Å²) in [5.74, 6) is 11.9. The monoisotopic (exact) mass is 603 g/mol. The molecule has 4 N–H and O–H groups in total. The van der Waals surface area contributed by atoms with Gasteiger partial charge in [0, 0.05) is 46.9 Å². The molecule has 2 aromatic heterocycles. The van der Waals surface area contributed by atoms with E-state index in [0.717, 1.165) is 59.0 Å². The number of amides is 1. The summed E-state index contributed by atoms with van der Waals surface area (Å²) in [5, 5.41) is 17.9. The van der Waals surface area contributed by atoms with E-state index in [-0.39, 0.29) is 12.3 Å². The van der Waals surface area contributed by atoms with Crippen LogP contribution in [0.3, 0.4) is 0 Å². The van der Waals surface area contributed by atoms with Gasteiger partial charge >= 0.3 is 0 Å². The molecular weight excluding hydrogens is 565 g/mol. The molecule has 45 heavy (non-hydrogen) atoms. The molecule has 4 saturated carbocycles. The number of halogens is 1. The lowest BCUT2D eigenvalue weighted by atomic mass is 9.47. The summed E-state index contributed by atoms with van der Waals surface area (Å²) in [6.45, 7) is 6.03. The fourth-order valence-corrected chi connectivity index (χ4v) is 9.77. The van der Waals surface area contributed by atoms with Crippen LogP contribution in [0.5, 0.6) is 0 Å². The van der Waals surface area contributed by atoms with Crippen molar-refractivity contribution < 1.29 is 9.18 Å². The minimum atomic E-state index is -0.406. The van der Waals surface area contributed by atoms with Crippen molar-refractivity contribution in [3.8, 4) is 11.8 Å². The third-order valence-electron chi connectivity index (χ3n) is 11.3. The van der Waals surface area contributed by atoms with Gasteiger partial charge in [-0.05, 0) is 97.1 Å². The summed E-state index contributed by atoms with van der Waals surface area (Å²) in [5.41, 5.74) is 3.62. The zero-order valence-corrected chi connectivity index (χ0v) is 25.7. The molecule has 1 amide bonds. The smallest absolute Gasteiger partial charge is 0.230 e. The minimum absolute atomic E-state index is 0.0643. The molecule has 0 aliphatic heterocycles. The maximum Gasteiger partial charge on any atom is 0.230 e. The van der Waals surface area contributed by atoms with E-state index in [1.807, 2.05) is 18.2 Å². The van der Waals surface area contributed by atoms with E-state index < -0.39 is 5.82 Å². The number of aromatic amines is 1. The van der Waals surface area contributed by atoms with Crippen molar-refractivity contribution in [3.63, 3.8) is 0 Å². The molecular formula is C36H38FN7O. The van der Waals surface area contributed by atoms with Gasteiger partial charge in [0.15, 0.2) is 5.82 Å². The lowest BCUT2D eigenvalue weighted by molar-refractivity contribution is -0.115. The molecule has 2 heterocycles. The molecule has 4 aliphatic rings. The standard InChI is InChI=1S/C36H38FN7O/c1-21-27-17-36(18-28(21)33-29(27)16-35(33,2)19-36)40-11-4-3-6-22-9-10-26-30(12-22)38-20-39-34(26)42-31-14-25(43-44-31)15-32(45)41-24-8-5-7-23(37)13-24/h5,7-10,12-14,20-21,27-29,33,40H,4,11,15-19H2,1-2H3,(H,41,45)(H2,38,39,42,43,44). The summed E-state index contributed by atoms with van der Waals surface area (Å²) >= 11 is 0. The molecule has 4 aliphatic carbocycles. The van der Waals surface area contributed by atoms with E-state index in [1.54, 1.807) is 18.2 Å². The topological polar surface area (TPSA) is 108 Å². The second-order valence-electron chi connectivity index (χ2n) is 14.2. The fraction of sp³-hybridized carbons (Fsp3) is 0.444. The van der Waals surface area contributed by atoms with E-state index in [0.29, 0.717) is 34.0 Å². The number of benzene rings is 2. The first-order chi connectivity index (χ1) is 21.8. The van der Waals surface area contributed by atoms with Crippen molar-refractivity contribution in [2.24, 2.45) is 35.0 Å². The number of carbonyl (C=O) groups excluding carboxylic acids is 1. The molecule has 230 valence electrons. The van der Waals surface area contributed by atoms with Gasteiger partial charge in [-0.2, -0.15) is 5.10 Å². The second-order valence-corrected chi connectivity index (χ2v) is 14.2. The second kappa shape index (κ2) is 10.7. The molecule has 4 fully saturated rings. The molecule has 0 saturated heterocycles. The average molecular weight is 604 g/mol. The first-order valence-corrected chi connectivity index (χ1v) is 16.1. The molecule has 8 nitrogen and oxygen atoms in total. The normalized spacial score (nSPS) is 30.4. The van der Waals surface area contributed by atoms with Crippen molar-refractivity contribution in [1.29, 1.82) is 0 Å². The number of fused-ring (bicyclic) bond motifs is 4. The number of anilines is 3. The van der Waals surface area contributed by atoms with Crippen LogP contribution in [-0.4, -0.2) is 38.2 Å². The Bertz CT molecular complexity index is 1860. The van der Waals surface area contributed by atoms with Gasteiger partial charge in [0.05, 0.1) is 11.9 Å². The highest BCUT2D eigenvalue weighted by atomic mass is 19.1. The highest BCUT2D eigenvalue weighted by Crippen LogP contribution is 2.76. The zero-order valence-electron chi connectivity index (χ0n) is 25.7. The lowest BCUT2D eigenvalue weighted by Gasteiger charge is -2.60. The number of rotatable bonds is 8. The Kier molecular flexibility index (Phi) is 6.68. The van der Waals surface area contributed by atoms with E-state index in [1.165, 1.54) is 44.1 Å². The summed E-state index contributed by atoms with van der Waals surface area (Å²) < 4.78 is 13.4. The summed E-state index contributed by atoms with van der Waals surface area (Å²) in [6, 6.07) is 13.5. The van der Waals surface area contributed by atoms with Crippen LogP contribution in [-0.2, 0) is 11.2 Å². The number of nitrogens with zero attached hydrogens (tertiary/aromatic N) is 3. The van der Waals surface area contributed by atoms with Crippen LogP contribution in [0.2, 0.25) is 0 Å². The molecule has 7 atom stereocenters. The van der Waals surface area contributed by atoms with Crippen LogP contribution < -0.4 is 16.0 Å². The molecule has 8 rings (SSSR count). The maximum absolute atomic E-state index is 13.4. The van der Waals surface area contributed by atoms with Crippen molar-refractivity contribution >= 4 is 34.1 Å². The third-order valence-corrected chi connectivity index (χ3v) is 11.3. The Balaban J connectivity index is 0.876. The van der Waals surface area contributed by atoms with Crippen LogP contribution >= 0.6 is 0 Å². The van der Waals surface area contributed by atoms with Crippen molar-refractivity contribution in [2.75, 3.05) is 17.2 Å². The summed E-state index contributed by atoms with van der Waals surface area (Å²) in [4.78, 5) is 21.3. The van der Waals surface area contributed by atoms with E-state index in [4.69, 9.17) is 0 Å². The zero-order chi connectivity index (χ0) is 30.8. The predicted octanol–water partition coefficient (Wildman–Crippen LogP) is 6.21. The highest BCUT2D eigenvalue weighted by Gasteiger charge is 2.71. The van der Waals surface area contributed by atoms with Crippen LogP contribution in [0.25, 0.3) is 10.9 Å². The molecule has 3 bridgehead atoms. The van der Waals surface area contributed by atoms with Crippen LogP contribution in [0.15, 0.2) is 54.9 Å². The van der Waals surface area contributed by atoms with Gasteiger partial charge in [0.2, 0.25) is 5.91 Å². The Labute approximate surface area is 262 Å². The van der Waals surface area contributed by atoms with Gasteiger partial charge in [-0.25, -0.2) is 14.4 Å². The molecule has 0 radical (unpaired) electrons. The number of hydrogen-bond acceptors (Lipinski definition) is 6. The Morgan fingerprint density at radius 3 is 2.87 bits per heavy atom. The van der Waals surface area contributed by atoms with Crippen molar-refractivity contribution in [1.82, 2.24) is 25.5 Å². The number of H-pyrrole nitrogens is 1. The fourth-order valence-electron chi connectivity index (χ4n) is 9.77. The number of hydrogen-bond donors (Lipinski definition) is 4. The van der Waals surface area contributed by atoms with Gasteiger partial charge in [-0.3, -0.25) is 9.89 Å². The largest absolute Gasteiger partial charge is 0.326 e. The molecule has 7 unspecified atom stereocenters. The molecule has 4 aromatic rings. The summed E-state index contributed by atoms with van der Waals surface area (Å²) in [7, 11) is 0. The quantitative estimate of drug-likeness (QED) is 0.141. The van der Waals surface area contributed by atoms with E-state index >= 15 is 0 Å². The molecule has 2 aromatic carbocycles. The number of nitrogens with one attached hydrogen (secondary N) is 4. The molecule has 9 heteroatoms. The van der Waals surface area contributed by atoms with Gasteiger partial charge in [-0.1, -0.05) is 31.8 Å². The number of aromatic nitrogens is 4. The maximum atomic E-state index is 13.4. The first-order valence-electron chi connectivity index (χ1n) is 16.1. The summed E-state index contributed by atoms with van der Waals surface area (Å²) in [6.07, 6.45) is 7.93. The predicted molar refractivity (Wildman–Crippen MR) is 172 cm³/mol. The third kappa shape index (κ3) is 5.05. The Hall–Kier alpha value is -4.29. The van der Waals surface area contributed by atoms with Gasteiger partial charge in [0.1, 0.15) is 18.0 Å². The Morgan fingerprint density at radius 2 is 1.98 bits per heavy atom. The average Bonchev–Trinajstić information content (AvgIpc) is 3.41. The highest BCUT2D eigenvalue weighted by molar-refractivity contribution is 5.93. The van der Waals surface area contributed by atoms with Crippen molar-refractivity contribution in [2.45, 2.75) is 57.9 Å². The van der Waals surface area contributed by atoms with Crippen LogP contribution in [0.1, 0.15) is 57.2 Å². The van der Waals surface area contributed by atoms with Gasteiger partial charge in [0.25, 0.3) is 0 Å². The van der Waals surface area contributed by atoms with Crippen LogP contribution in [0.4, 0.5) is 21.7 Å². The lowest BCUT2D eigenvalue weighted by Crippen LogP contribution is -2.60. The van der Waals surface area contributed by atoms with Gasteiger partial charge < -0.3 is 16.0 Å². The van der Waals surface area contributed by atoms with Gasteiger partial charge in [-0.15, -0.1) is 0 Å². The van der Waals surface area contributed by atoms with E-state index in [9.17, 15) is 9.18 Å². The minimum Gasteiger partial charge on any atom is -0.326 e. The van der Waals surface area contributed by atoms with Crippen molar-refractivity contribution in [3.05, 3.63) is 71.9 Å².